The summed E-state index contributed by atoms with van der Waals surface area (Å²) < 4.78 is 0. The van der Waals surface area contributed by atoms with Crippen molar-refractivity contribution in [3.63, 3.8) is 0 Å². The molecule has 1 saturated carbocycles. The molecule has 1 aliphatic rings. The molecule has 122 valence electrons. The average Bonchev–Trinajstić information content (AvgIpc) is 2.23. The quantitative estimate of drug-likeness (QED) is 0.736. The summed E-state index contributed by atoms with van der Waals surface area (Å²) in [6, 6.07) is 0. The molecule has 0 bridgehead atoms. The van der Waals surface area contributed by atoms with Gasteiger partial charge in [-0.2, -0.15) is 0 Å². The molecule has 0 aromatic carbocycles. The van der Waals surface area contributed by atoms with Gasteiger partial charge in [0.05, 0.1) is 0 Å². The Bertz CT molecular complexity index is 388. The van der Waals surface area contributed by atoms with Crippen LogP contribution in [0.25, 0.3) is 0 Å². The lowest BCUT2D eigenvalue weighted by molar-refractivity contribution is -0.137. The van der Waals surface area contributed by atoms with Crippen LogP contribution in [-0.4, -0.2) is 28.4 Å². The normalized spacial score (nSPS) is 22.5. The second-order valence-electron chi connectivity index (χ2n) is 8.07. The second kappa shape index (κ2) is 6.55. The van der Waals surface area contributed by atoms with Gasteiger partial charge in [-0.15, -0.1) is 11.6 Å². The standard InChI is InChI=1S/C16H28ClNO3/c1-14(2)9-15(3,4)11-16(10-14,18-12(19)8-17)7-5-6-13(20)21/h5-11H2,1-4H3,(H,18,19)(H,20,21). The SMILES string of the molecule is CC1(C)CC(C)(C)CC(CCCC(=O)O)(NC(=O)CCl)C1. The van der Waals surface area contributed by atoms with E-state index in [0.29, 0.717) is 12.8 Å². The molecule has 4 nitrogen and oxygen atoms in total. The largest absolute Gasteiger partial charge is 0.481 e. The molecule has 0 heterocycles. The monoisotopic (exact) mass is 317 g/mol. The third-order valence-electron chi connectivity index (χ3n) is 4.16. The van der Waals surface area contributed by atoms with Gasteiger partial charge in [-0.1, -0.05) is 27.7 Å². The molecule has 0 unspecified atom stereocenters. The van der Waals surface area contributed by atoms with Gasteiger partial charge in [0.15, 0.2) is 0 Å². The van der Waals surface area contributed by atoms with Crippen molar-refractivity contribution in [2.45, 2.75) is 71.8 Å². The topological polar surface area (TPSA) is 66.4 Å². The van der Waals surface area contributed by atoms with Gasteiger partial charge < -0.3 is 10.4 Å². The number of rotatable bonds is 6. The minimum Gasteiger partial charge on any atom is -0.481 e. The zero-order valence-electron chi connectivity index (χ0n) is 13.6. The molecule has 0 atom stereocenters. The number of nitrogens with one attached hydrogen (secondary N) is 1. The first-order chi connectivity index (χ1) is 9.49. The molecular formula is C16H28ClNO3. The lowest BCUT2D eigenvalue weighted by Crippen LogP contribution is -2.57. The predicted molar refractivity (Wildman–Crippen MR) is 84.5 cm³/mol. The van der Waals surface area contributed by atoms with Gasteiger partial charge in [-0.25, -0.2) is 0 Å². The van der Waals surface area contributed by atoms with Crippen LogP contribution in [0.4, 0.5) is 0 Å². The molecule has 0 saturated heterocycles. The summed E-state index contributed by atoms with van der Waals surface area (Å²) in [6.07, 6.45) is 4.23. The summed E-state index contributed by atoms with van der Waals surface area (Å²) in [4.78, 5) is 22.6. The van der Waals surface area contributed by atoms with Crippen molar-refractivity contribution in [2.24, 2.45) is 10.8 Å². The Hall–Kier alpha value is -0.770. The van der Waals surface area contributed by atoms with Crippen LogP contribution < -0.4 is 5.32 Å². The molecule has 0 aromatic rings. The number of carbonyl (C=O) groups is 2. The second-order valence-corrected chi connectivity index (χ2v) is 8.34. The highest BCUT2D eigenvalue weighted by Gasteiger charge is 2.47. The Morgan fingerprint density at radius 1 is 1.10 bits per heavy atom. The van der Waals surface area contributed by atoms with Crippen LogP contribution in [0.3, 0.4) is 0 Å². The number of aliphatic carboxylic acids is 1. The average molecular weight is 318 g/mol. The zero-order chi connectivity index (χ0) is 16.3. The van der Waals surface area contributed by atoms with Crippen LogP contribution in [0.1, 0.15) is 66.2 Å². The summed E-state index contributed by atoms with van der Waals surface area (Å²) >= 11 is 5.65. The summed E-state index contributed by atoms with van der Waals surface area (Å²) in [6.45, 7) is 8.86. The predicted octanol–water partition coefficient (Wildman–Crippen LogP) is 3.57. The summed E-state index contributed by atoms with van der Waals surface area (Å²) in [7, 11) is 0. The highest BCUT2D eigenvalue weighted by Crippen LogP contribution is 2.51. The van der Waals surface area contributed by atoms with E-state index in [1.165, 1.54) is 0 Å². The van der Waals surface area contributed by atoms with Gasteiger partial charge in [0.25, 0.3) is 0 Å². The molecule has 0 aromatic heterocycles. The fraction of sp³-hybridized carbons (Fsp3) is 0.875. The van der Waals surface area contributed by atoms with Crippen LogP contribution in [0.5, 0.6) is 0 Å². The van der Waals surface area contributed by atoms with E-state index in [1.54, 1.807) is 0 Å². The fourth-order valence-electron chi connectivity index (χ4n) is 4.55. The van der Waals surface area contributed by atoms with Crippen molar-refractivity contribution in [2.75, 3.05) is 5.88 Å². The van der Waals surface area contributed by atoms with E-state index in [9.17, 15) is 9.59 Å². The Labute approximate surface area is 132 Å². The molecule has 1 fully saturated rings. The Kier molecular flexibility index (Phi) is 5.70. The lowest BCUT2D eigenvalue weighted by atomic mass is 9.57. The lowest BCUT2D eigenvalue weighted by Gasteiger charge is -2.52. The minimum atomic E-state index is -0.789. The van der Waals surface area contributed by atoms with Crippen molar-refractivity contribution < 1.29 is 14.7 Å². The van der Waals surface area contributed by atoms with Crippen LogP contribution >= 0.6 is 11.6 Å². The third kappa shape index (κ3) is 5.85. The smallest absolute Gasteiger partial charge is 0.303 e. The highest BCUT2D eigenvalue weighted by molar-refractivity contribution is 6.27. The van der Waals surface area contributed by atoms with E-state index >= 15 is 0 Å². The third-order valence-corrected chi connectivity index (χ3v) is 4.41. The zero-order valence-corrected chi connectivity index (χ0v) is 14.3. The highest BCUT2D eigenvalue weighted by atomic mass is 35.5. The van der Waals surface area contributed by atoms with Gasteiger partial charge in [0.1, 0.15) is 5.88 Å². The minimum absolute atomic E-state index is 0.0540. The first-order valence-corrected chi connectivity index (χ1v) is 8.12. The van der Waals surface area contributed by atoms with Crippen molar-refractivity contribution in [1.82, 2.24) is 5.32 Å². The molecule has 0 aliphatic heterocycles. The summed E-state index contributed by atoms with van der Waals surface area (Å²) in [5.41, 5.74) is -0.109. The molecule has 0 spiro atoms. The van der Waals surface area contributed by atoms with Crippen LogP contribution in [0, 0.1) is 10.8 Å². The summed E-state index contributed by atoms with van der Waals surface area (Å²) in [5, 5.41) is 12.0. The van der Waals surface area contributed by atoms with Gasteiger partial charge in [-0.05, 0) is 42.9 Å². The van der Waals surface area contributed by atoms with Crippen LogP contribution in [0.15, 0.2) is 0 Å². The number of halogens is 1. The van der Waals surface area contributed by atoms with E-state index in [2.05, 4.69) is 33.0 Å². The number of carboxylic acid groups (broad SMARTS) is 1. The van der Waals surface area contributed by atoms with E-state index in [1.807, 2.05) is 0 Å². The number of alkyl halides is 1. The Morgan fingerprint density at radius 2 is 1.62 bits per heavy atom. The van der Waals surface area contributed by atoms with Gasteiger partial charge in [0.2, 0.25) is 5.91 Å². The molecule has 21 heavy (non-hydrogen) atoms. The molecule has 2 N–H and O–H groups in total. The van der Waals surface area contributed by atoms with Crippen molar-refractivity contribution in [3.8, 4) is 0 Å². The molecule has 1 aliphatic carbocycles. The number of carboxylic acids is 1. The maximum absolute atomic E-state index is 11.8. The molecule has 0 radical (unpaired) electrons. The van der Waals surface area contributed by atoms with Gasteiger partial charge >= 0.3 is 5.97 Å². The first-order valence-electron chi connectivity index (χ1n) is 7.58. The van der Waals surface area contributed by atoms with Crippen molar-refractivity contribution >= 4 is 23.5 Å². The van der Waals surface area contributed by atoms with Gasteiger partial charge in [0, 0.05) is 12.0 Å². The van der Waals surface area contributed by atoms with E-state index in [4.69, 9.17) is 16.7 Å². The number of hydrogen-bond donors (Lipinski definition) is 2. The first kappa shape index (κ1) is 18.3. The number of carbonyl (C=O) groups excluding carboxylic acids is 1. The molecular weight excluding hydrogens is 290 g/mol. The van der Waals surface area contributed by atoms with Crippen LogP contribution in [0.2, 0.25) is 0 Å². The van der Waals surface area contributed by atoms with Crippen LogP contribution in [-0.2, 0) is 9.59 Å². The molecule has 1 rings (SSSR count). The van der Waals surface area contributed by atoms with Gasteiger partial charge in [-0.3, -0.25) is 9.59 Å². The van der Waals surface area contributed by atoms with Crippen molar-refractivity contribution in [1.29, 1.82) is 0 Å². The molecule has 1 amide bonds. The summed E-state index contributed by atoms with van der Waals surface area (Å²) in [5.74, 6) is -1.01. The van der Waals surface area contributed by atoms with E-state index in [-0.39, 0.29) is 34.6 Å². The maximum Gasteiger partial charge on any atom is 0.303 e. The molecule has 5 heteroatoms. The maximum atomic E-state index is 11.8. The Balaban J connectivity index is 2.94. The van der Waals surface area contributed by atoms with E-state index in [0.717, 1.165) is 19.3 Å². The number of amides is 1. The van der Waals surface area contributed by atoms with E-state index < -0.39 is 5.97 Å². The fourth-order valence-corrected chi connectivity index (χ4v) is 4.62. The Morgan fingerprint density at radius 3 is 2.05 bits per heavy atom. The number of hydrogen-bond acceptors (Lipinski definition) is 2. The van der Waals surface area contributed by atoms with Crippen molar-refractivity contribution in [3.05, 3.63) is 0 Å².